The lowest BCUT2D eigenvalue weighted by molar-refractivity contribution is 0.189. The van der Waals surface area contributed by atoms with Gasteiger partial charge in [-0.15, -0.1) is 0 Å². The molecule has 1 unspecified atom stereocenters. The Bertz CT molecular complexity index is 569. The molecule has 0 radical (unpaired) electrons. The minimum absolute atomic E-state index is 0.139. The maximum absolute atomic E-state index is 12.4. The van der Waals surface area contributed by atoms with Crippen molar-refractivity contribution in [2.24, 2.45) is 0 Å². The monoisotopic (exact) mass is 270 g/mol. The Balaban J connectivity index is 2.45. The quantitative estimate of drug-likeness (QED) is 0.773. The summed E-state index contributed by atoms with van der Waals surface area (Å²) < 4.78 is 26.1. The predicted molar refractivity (Wildman–Crippen MR) is 69.7 cm³/mol. The van der Waals surface area contributed by atoms with Gasteiger partial charge >= 0.3 is 0 Å². The Morgan fingerprint density at radius 3 is 2.50 bits per heavy atom. The van der Waals surface area contributed by atoms with Crippen LogP contribution in [-0.4, -0.2) is 37.0 Å². The van der Waals surface area contributed by atoms with Crippen LogP contribution in [0.1, 0.15) is 17.5 Å². The van der Waals surface area contributed by atoms with Crippen molar-refractivity contribution < 1.29 is 13.5 Å². The molecule has 2 rings (SSSR count). The summed E-state index contributed by atoms with van der Waals surface area (Å²) in [4.78, 5) is 0.139. The van der Waals surface area contributed by atoms with Gasteiger partial charge in [0, 0.05) is 13.1 Å². The molecule has 1 aromatic rings. The Hall–Kier alpha value is -1.11. The largest absolute Gasteiger partial charge is 0.398 e. The van der Waals surface area contributed by atoms with Crippen molar-refractivity contribution in [3.05, 3.63) is 23.3 Å². The van der Waals surface area contributed by atoms with E-state index in [0.717, 1.165) is 11.1 Å². The average molecular weight is 270 g/mol. The van der Waals surface area contributed by atoms with Crippen molar-refractivity contribution in [1.29, 1.82) is 0 Å². The summed E-state index contributed by atoms with van der Waals surface area (Å²) in [5.74, 6) is 0. The van der Waals surface area contributed by atoms with E-state index >= 15 is 0 Å². The van der Waals surface area contributed by atoms with Gasteiger partial charge in [0.2, 0.25) is 10.0 Å². The van der Waals surface area contributed by atoms with Crippen molar-refractivity contribution in [2.75, 3.05) is 18.8 Å². The van der Waals surface area contributed by atoms with Gasteiger partial charge in [-0.05, 0) is 43.5 Å². The third-order valence-corrected chi connectivity index (χ3v) is 5.29. The molecule has 1 atom stereocenters. The predicted octanol–water partition coefficient (Wildman–Crippen LogP) is 0.641. The molecule has 3 N–H and O–H groups in total. The Labute approximate surface area is 107 Å². The van der Waals surface area contributed by atoms with Crippen LogP contribution in [0.15, 0.2) is 17.0 Å². The van der Waals surface area contributed by atoms with E-state index in [9.17, 15) is 13.5 Å². The number of hydrogen-bond acceptors (Lipinski definition) is 4. The second kappa shape index (κ2) is 4.53. The SMILES string of the molecule is Cc1cc(N)c(S(=O)(=O)N2CCC(O)C2)cc1C. The Kier molecular flexibility index (Phi) is 3.35. The zero-order valence-electron chi connectivity index (χ0n) is 10.5. The number of rotatable bonds is 2. The zero-order chi connectivity index (χ0) is 13.5. The molecule has 100 valence electrons. The highest BCUT2D eigenvalue weighted by atomic mass is 32.2. The van der Waals surface area contributed by atoms with E-state index in [0.29, 0.717) is 13.0 Å². The molecule has 0 bridgehead atoms. The fourth-order valence-corrected chi connectivity index (χ4v) is 3.78. The topological polar surface area (TPSA) is 83.6 Å². The van der Waals surface area contributed by atoms with Crippen LogP contribution in [-0.2, 0) is 10.0 Å². The number of aliphatic hydroxyl groups is 1. The fraction of sp³-hybridized carbons (Fsp3) is 0.500. The molecule has 1 aliphatic rings. The van der Waals surface area contributed by atoms with E-state index in [1.54, 1.807) is 12.1 Å². The van der Waals surface area contributed by atoms with Crippen molar-refractivity contribution in [2.45, 2.75) is 31.3 Å². The van der Waals surface area contributed by atoms with Crippen LogP contribution in [0.2, 0.25) is 0 Å². The molecule has 1 saturated heterocycles. The summed E-state index contributed by atoms with van der Waals surface area (Å²) in [6.45, 7) is 4.24. The molecule has 0 spiro atoms. The number of sulfonamides is 1. The van der Waals surface area contributed by atoms with E-state index in [4.69, 9.17) is 5.73 Å². The van der Waals surface area contributed by atoms with Crippen LogP contribution in [0, 0.1) is 13.8 Å². The van der Waals surface area contributed by atoms with Gasteiger partial charge in [0.15, 0.2) is 0 Å². The first kappa shape index (κ1) is 13.3. The van der Waals surface area contributed by atoms with Crippen molar-refractivity contribution in [1.82, 2.24) is 4.31 Å². The highest BCUT2D eigenvalue weighted by Crippen LogP contribution is 2.27. The number of β-amino-alcohol motifs (C(OH)–C–C–N with tert-alkyl or cyclic N) is 1. The van der Waals surface area contributed by atoms with Gasteiger partial charge < -0.3 is 10.8 Å². The minimum atomic E-state index is -3.59. The first-order chi connectivity index (χ1) is 8.32. The van der Waals surface area contributed by atoms with Crippen molar-refractivity contribution >= 4 is 15.7 Å². The minimum Gasteiger partial charge on any atom is -0.398 e. The highest BCUT2D eigenvalue weighted by Gasteiger charge is 2.32. The first-order valence-electron chi connectivity index (χ1n) is 5.87. The van der Waals surface area contributed by atoms with Gasteiger partial charge in [0.1, 0.15) is 4.90 Å². The number of hydrogen-bond donors (Lipinski definition) is 2. The van der Waals surface area contributed by atoms with Crippen LogP contribution >= 0.6 is 0 Å². The molecular weight excluding hydrogens is 252 g/mol. The van der Waals surface area contributed by atoms with E-state index < -0.39 is 16.1 Å². The Morgan fingerprint density at radius 2 is 1.94 bits per heavy atom. The summed E-state index contributed by atoms with van der Waals surface area (Å²) in [5, 5.41) is 9.44. The van der Waals surface area contributed by atoms with E-state index in [-0.39, 0.29) is 17.1 Å². The van der Waals surface area contributed by atoms with E-state index in [1.165, 1.54) is 4.31 Å². The van der Waals surface area contributed by atoms with Gasteiger partial charge in [0.05, 0.1) is 11.8 Å². The first-order valence-corrected chi connectivity index (χ1v) is 7.31. The molecule has 1 aliphatic heterocycles. The fourth-order valence-electron chi connectivity index (χ4n) is 2.10. The average Bonchev–Trinajstić information content (AvgIpc) is 2.70. The number of nitrogens with two attached hydrogens (primary N) is 1. The molecule has 6 heteroatoms. The third-order valence-electron chi connectivity index (χ3n) is 3.37. The summed E-state index contributed by atoms with van der Waals surface area (Å²) in [6, 6.07) is 3.28. The molecule has 0 amide bonds. The smallest absolute Gasteiger partial charge is 0.245 e. The molecule has 0 saturated carbocycles. The highest BCUT2D eigenvalue weighted by molar-refractivity contribution is 7.89. The number of aryl methyl sites for hydroxylation is 2. The molecule has 5 nitrogen and oxygen atoms in total. The lowest BCUT2D eigenvalue weighted by Crippen LogP contribution is -2.30. The van der Waals surface area contributed by atoms with Gasteiger partial charge in [-0.2, -0.15) is 4.31 Å². The number of nitrogens with zero attached hydrogens (tertiary/aromatic N) is 1. The number of benzene rings is 1. The van der Waals surface area contributed by atoms with Crippen LogP contribution in [0.3, 0.4) is 0 Å². The van der Waals surface area contributed by atoms with Gasteiger partial charge in [-0.1, -0.05) is 0 Å². The molecule has 18 heavy (non-hydrogen) atoms. The lowest BCUT2D eigenvalue weighted by atomic mass is 10.1. The van der Waals surface area contributed by atoms with Crippen LogP contribution in [0.5, 0.6) is 0 Å². The number of anilines is 1. The number of nitrogen functional groups attached to an aromatic ring is 1. The summed E-state index contributed by atoms with van der Waals surface area (Å²) in [6.07, 6.45) is -0.100. The van der Waals surface area contributed by atoms with Crippen LogP contribution < -0.4 is 5.73 Å². The second-order valence-electron chi connectivity index (χ2n) is 4.78. The van der Waals surface area contributed by atoms with Crippen molar-refractivity contribution in [3.63, 3.8) is 0 Å². The van der Waals surface area contributed by atoms with E-state index in [1.807, 2.05) is 13.8 Å². The molecule has 0 aliphatic carbocycles. The standard InChI is InChI=1S/C12H18N2O3S/c1-8-5-11(13)12(6-9(8)2)18(16,17)14-4-3-10(15)7-14/h5-6,10,15H,3-4,7,13H2,1-2H3. The van der Waals surface area contributed by atoms with Gasteiger partial charge in [-0.3, -0.25) is 0 Å². The molecule has 0 aromatic heterocycles. The van der Waals surface area contributed by atoms with E-state index in [2.05, 4.69) is 0 Å². The molecule has 1 aromatic carbocycles. The lowest BCUT2D eigenvalue weighted by Gasteiger charge is -2.18. The zero-order valence-corrected chi connectivity index (χ0v) is 11.4. The molecular formula is C12H18N2O3S. The second-order valence-corrected chi connectivity index (χ2v) is 6.69. The summed E-state index contributed by atoms with van der Waals surface area (Å²) in [5.41, 5.74) is 7.93. The van der Waals surface area contributed by atoms with Crippen LogP contribution in [0.25, 0.3) is 0 Å². The van der Waals surface area contributed by atoms with Crippen molar-refractivity contribution in [3.8, 4) is 0 Å². The Morgan fingerprint density at radius 1 is 1.33 bits per heavy atom. The maximum Gasteiger partial charge on any atom is 0.245 e. The maximum atomic E-state index is 12.4. The van der Waals surface area contributed by atoms with Gasteiger partial charge in [-0.25, -0.2) is 8.42 Å². The molecule has 1 heterocycles. The molecule has 1 fully saturated rings. The third kappa shape index (κ3) is 2.23. The summed E-state index contributed by atoms with van der Waals surface area (Å²) in [7, 11) is -3.59. The summed E-state index contributed by atoms with van der Waals surface area (Å²) >= 11 is 0. The van der Waals surface area contributed by atoms with Crippen LogP contribution in [0.4, 0.5) is 5.69 Å². The van der Waals surface area contributed by atoms with Gasteiger partial charge in [0.25, 0.3) is 0 Å². The number of aliphatic hydroxyl groups excluding tert-OH is 1. The normalized spacial score (nSPS) is 21.4.